The Morgan fingerprint density at radius 1 is 1.45 bits per heavy atom. The van der Waals surface area contributed by atoms with Crippen LogP contribution in [-0.4, -0.2) is 51.8 Å². The number of benzene rings is 1. The minimum absolute atomic E-state index is 0.0804. The molecule has 8 heteroatoms. The number of thioether (sulfide) groups is 1. The van der Waals surface area contributed by atoms with Crippen molar-refractivity contribution in [2.75, 3.05) is 24.2 Å². The van der Waals surface area contributed by atoms with Crippen LogP contribution in [0.25, 0.3) is 0 Å². The number of carbonyl (C=O) groups excluding carboxylic acids is 1. The summed E-state index contributed by atoms with van der Waals surface area (Å²) in [7, 11) is 0. The number of carboxylic acids is 1. The van der Waals surface area contributed by atoms with Gasteiger partial charge in [0.1, 0.15) is 0 Å². The van der Waals surface area contributed by atoms with E-state index >= 15 is 0 Å². The standard InChI is InChI=1S/C21H27N3O3S2/c1-3-14(2)16-6-4-5-7-17(16)22-12-15-8-9-19(25)24(15)10-11-28-21-23-18(13-29-21)20(26)27/h4-7,13-15,22H,3,8-12H2,1-2H3,(H,26,27)/t14?,15-/m1/s1. The van der Waals surface area contributed by atoms with Gasteiger partial charge >= 0.3 is 5.97 Å². The van der Waals surface area contributed by atoms with Crippen LogP contribution in [0.3, 0.4) is 0 Å². The predicted molar refractivity (Wildman–Crippen MR) is 118 cm³/mol. The molecule has 0 saturated carbocycles. The summed E-state index contributed by atoms with van der Waals surface area (Å²) >= 11 is 2.83. The van der Waals surface area contributed by atoms with Crippen LogP contribution >= 0.6 is 23.1 Å². The van der Waals surface area contributed by atoms with Crippen molar-refractivity contribution >= 4 is 40.7 Å². The Morgan fingerprint density at radius 2 is 2.24 bits per heavy atom. The molecule has 6 nitrogen and oxygen atoms in total. The first kappa shape index (κ1) is 21.6. The molecule has 1 aromatic carbocycles. The van der Waals surface area contributed by atoms with Gasteiger partial charge in [-0.25, -0.2) is 9.78 Å². The maximum Gasteiger partial charge on any atom is 0.355 e. The molecular formula is C21H27N3O3S2. The number of rotatable bonds is 10. The first-order valence-electron chi connectivity index (χ1n) is 9.93. The Hall–Kier alpha value is -2.06. The van der Waals surface area contributed by atoms with Crippen molar-refractivity contribution in [1.82, 2.24) is 9.88 Å². The van der Waals surface area contributed by atoms with Gasteiger partial charge in [-0.1, -0.05) is 43.8 Å². The number of aromatic nitrogens is 1. The van der Waals surface area contributed by atoms with Crippen LogP contribution in [0.2, 0.25) is 0 Å². The van der Waals surface area contributed by atoms with Crippen molar-refractivity contribution in [3.63, 3.8) is 0 Å². The lowest BCUT2D eigenvalue weighted by atomic mass is 9.97. The lowest BCUT2D eigenvalue weighted by molar-refractivity contribution is -0.128. The lowest BCUT2D eigenvalue weighted by Gasteiger charge is -2.26. The number of para-hydroxylation sites is 1. The van der Waals surface area contributed by atoms with Crippen molar-refractivity contribution in [3.05, 3.63) is 40.9 Å². The van der Waals surface area contributed by atoms with Gasteiger partial charge in [0.25, 0.3) is 0 Å². The van der Waals surface area contributed by atoms with E-state index in [4.69, 9.17) is 5.11 Å². The number of anilines is 1. The summed E-state index contributed by atoms with van der Waals surface area (Å²) in [6, 6.07) is 8.58. The fraction of sp³-hybridized carbons (Fsp3) is 0.476. The maximum atomic E-state index is 12.4. The molecule has 156 valence electrons. The molecule has 0 spiro atoms. The van der Waals surface area contributed by atoms with Crippen molar-refractivity contribution < 1.29 is 14.7 Å². The normalized spacial score (nSPS) is 17.5. The maximum absolute atomic E-state index is 12.4. The highest BCUT2D eigenvalue weighted by molar-refractivity contribution is 8.01. The number of hydrogen-bond acceptors (Lipinski definition) is 6. The van der Waals surface area contributed by atoms with Gasteiger partial charge in [0.2, 0.25) is 5.91 Å². The monoisotopic (exact) mass is 433 g/mol. The summed E-state index contributed by atoms with van der Waals surface area (Å²) in [5, 5.41) is 14.1. The Morgan fingerprint density at radius 3 is 2.97 bits per heavy atom. The molecule has 1 aromatic heterocycles. The van der Waals surface area contributed by atoms with Crippen LogP contribution in [0.15, 0.2) is 34.0 Å². The quantitative estimate of drug-likeness (QED) is 0.535. The second-order valence-corrected chi connectivity index (χ2v) is 9.41. The summed E-state index contributed by atoms with van der Waals surface area (Å²) < 4.78 is 0.728. The zero-order valence-corrected chi connectivity index (χ0v) is 18.4. The topological polar surface area (TPSA) is 82.5 Å². The van der Waals surface area contributed by atoms with Gasteiger partial charge < -0.3 is 15.3 Å². The van der Waals surface area contributed by atoms with Gasteiger partial charge in [-0.2, -0.15) is 0 Å². The summed E-state index contributed by atoms with van der Waals surface area (Å²) in [6.07, 6.45) is 2.54. The molecule has 2 aromatic rings. The van der Waals surface area contributed by atoms with Crippen LogP contribution in [0, 0.1) is 0 Å². The Kier molecular flexibility index (Phi) is 7.55. The SMILES string of the molecule is CCC(C)c1ccccc1NC[C@H]1CCC(=O)N1CCSc1nc(C(=O)O)cs1. The van der Waals surface area contributed by atoms with E-state index in [-0.39, 0.29) is 17.6 Å². The zero-order valence-electron chi connectivity index (χ0n) is 16.8. The van der Waals surface area contributed by atoms with Crippen LogP contribution in [0.1, 0.15) is 55.1 Å². The minimum atomic E-state index is -1.01. The molecule has 3 rings (SSSR count). The summed E-state index contributed by atoms with van der Waals surface area (Å²) in [6.45, 7) is 5.81. The average molecular weight is 434 g/mol. The average Bonchev–Trinajstić information content (AvgIpc) is 3.33. The number of carboxylic acid groups (broad SMARTS) is 1. The molecule has 1 fully saturated rings. The highest BCUT2D eigenvalue weighted by atomic mass is 32.2. The van der Waals surface area contributed by atoms with Gasteiger partial charge in [0, 0.05) is 42.4 Å². The number of thiazole rings is 1. The van der Waals surface area contributed by atoms with E-state index in [1.807, 2.05) is 11.0 Å². The van der Waals surface area contributed by atoms with E-state index in [0.717, 1.165) is 29.4 Å². The van der Waals surface area contributed by atoms with E-state index in [1.165, 1.54) is 28.7 Å². The summed E-state index contributed by atoms with van der Waals surface area (Å²) in [5.74, 6) is 0.383. The number of amides is 1. The second-order valence-electron chi connectivity index (χ2n) is 7.21. The van der Waals surface area contributed by atoms with E-state index in [1.54, 1.807) is 5.38 Å². The molecule has 1 amide bonds. The first-order valence-corrected chi connectivity index (χ1v) is 11.8. The van der Waals surface area contributed by atoms with E-state index < -0.39 is 5.97 Å². The number of nitrogens with one attached hydrogen (secondary N) is 1. The Balaban J connectivity index is 1.54. The first-order chi connectivity index (χ1) is 14.0. The molecule has 1 unspecified atom stereocenters. The second kappa shape index (κ2) is 10.1. The Labute approximate surface area is 179 Å². The third-order valence-corrected chi connectivity index (χ3v) is 7.35. The zero-order chi connectivity index (χ0) is 20.8. The molecule has 2 heterocycles. The Bertz CT molecular complexity index is 855. The predicted octanol–water partition coefficient (Wildman–Crippen LogP) is 4.55. The largest absolute Gasteiger partial charge is 0.476 e. The molecule has 0 radical (unpaired) electrons. The molecule has 2 N–H and O–H groups in total. The highest BCUT2D eigenvalue weighted by Crippen LogP contribution is 2.28. The van der Waals surface area contributed by atoms with Crippen molar-refractivity contribution in [1.29, 1.82) is 0 Å². The fourth-order valence-corrected chi connectivity index (χ4v) is 5.31. The number of nitrogens with zero attached hydrogens (tertiary/aromatic N) is 2. The molecule has 1 aliphatic heterocycles. The number of hydrogen-bond donors (Lipinski definition) is 2. The van der Waals surface area contributed by atoms with Gasteiger partial charge in [0.05, 0.1) is 0 Å². The molecule has 1 saturated heterocycles. The van der Waals surface area contributed by atoms with Crippen molar-refractivity contribution in [3.8, 4) is 0 Å². The van der Waals surface area contributed by atoms with Crippen LogP contribution < -0.4 is 5.32 Å². The van der Waals surface area contributed by atoms with Gasteiger partial charge in [0.15, 0.2) is 10.0 Å². The van der Waals surface area contributed by atoms with Crippen LogP contribution in [0.5, 0.6) is 0 Å². The smallest absolute Gasteiger partial charge is 0.355 e. The highest BCUT2D eigenvalue weighted by Gasteiger charge is 2.30. The molecule has 1 aliphatic rings. The molecule has 2 atom stereocenters. The van der Waals surface area contributed by atoms with Crippen LogP contribution in [0.4, 0.5) is 5.69 Å². The van der Waals surface area contributed by atoms with Gasteiger partial charge in [-0.15, -0.1) is 11.3 Å². The molecule has 0 bridgehead atoms. The number of likely N-dealkylation sites (tertiary alicyclic amines) is 1. The fourth-order valence-electron chi connectivity index (χ4n) is 3.50. The number of aromatic carboxylic acids is 1. The van der Waals surface area contributed by atoms with E-state index in [9.17, 15) is 9.59 Å². The van der Waals surface area contributed by atoms with Crippen LogP contribution in [-0.2, 0) is 4.79 Å². The van der Waals surface area contributed by atoms with Crippen molar-refractivity contribution in [2.24, 2.45) is 0 Å². The van der Waals surface area contributed by atoms with Gasteiger partial charge in [-0.3, -0.25) is 4.79 Å². The summed E-state index contributed by atoms with van der Waals surface area (Å²) in [5.41, 5.74) is 2.55. The molecule has 0 aliphatic carbocycles. The molecule has 29 heavy (non-hydrogen) atoms. The summed E-state index contributed by atoms with van der Waals surface area (Å²) in [4.78, 5) is 29.3. The third kappa shape index (κ3) is 5.51. The number of carbonyl (C=O) groups is 2. The van der Waals surface area contributed by atoms with E-state index in [2.05, 4.69) is 42.3 Å². The van der Waals surface area contributed by atoms with E-state index in [0.29, 0.717) is 24.6 Å². The molecular weight excluding hydrogens is 406 g/mol. The lowest BCUT2D eigenvalue weighted by Crippen LogP contribution is -2.39. The van der Waals surface area contributed by atoms with Crippen molar-refractivity contribution in [2.45, 2.75) is 49.4 Å². The third-order valence-electron chi connectivity index (χ3n) is 5.34. The van der Waals surface area contributed by atoms with Gasteiger partial charge in [-0.05, 0) is 30.4 Å². The minimum Gasteiger partial charge on any atom is -0.476 e.